The number of benzene rings is 6. The summed E-state index contributed by atoms with van der Waals surface area (Å²) in [5.41, 5.74) is 4.53. The second-order valence-corrected chi connectivity index (χ2v) is 12.7. The topological polar surface area (TPSA) is 34.1 Å². The van der Waals surface area contributed by atoms with Crippen LogP contribution in [0.5, 0.6) is 0 Å². The predicted octanol–water partition coefficient (Wildman–Crippen LogP) is 10.5. The van der Waals surface area contributed by atoms with Gasteiger partial charge in [-0.25, -0.2) is 0 Å². The molecule has 0 unspecified atom stereocenters. The van der Waals surface area contributed by atoms with E-state index < -0.39 is 10.8 Å². The molecule has 0 aliphatic heterocycles. The zero-order valence-electron chi connectivity index (χ0n) is 28.3. The Morgan fingerprint density at radius 3 is 0.583 bits per heavy atom. The maximum Gasteiger partial charge on any atom is 0.154 e. The van der Waals surface area contributed by atoms with Gasteiger partial charge in [0.05, 0.1) is 0 Å². The number of ketones is 2. The monoisotopic (exact) mass is 628 g/mol. The quantitative estimate of drug-likeness (QED) is 0.142. The van der Waals surface area contributed by atoms with Crippen molar-refractivity contribution in [2.45, 2.75) is 38.5 Å². The fourth-order valence-electron chi connectivity index (χ4n) is 6.85. The van der Waals surface area contributed by atoms with Crippen molar-refractivity contribution in [2.75, 3.05) is 0 Å². The van der Waals surface area contributed by atoms with Gasteiger partial charge in [-0.2, -0.15) is 0 Å². The Labute approximate surface area is 286 Å². The average molecular weight is 629 g/mol. The lowest BCUT2D eigenvalue weighted by Crippen LogP contribution is -2.41. The Balaban J connectivity index is 0.000000188. The number of rotatable bonds is 10. The molecule has 0 N–H and O–H groups in total. The smallest absolute Gasteiger partial charge is 0.154 e. The van der Waals surface area contributed by atoms with Crippen molar-refractivity contribution < 1.29 is 9.59 Å². The molecule has 2 nitrogen and oxygen atoms in total. The Morgan fingerprint density at radius 1 is 0.312 bits per heavy atom. The molecule has 0 fully saturated rings. The highest BCUT2D eigenvalue weighted by Crippen LogP contribution is 2.43. The zero-order valence-corrected chi connectivity index (χ0v) is 28.3. The van der Waals surface area contributed by atoms with Gasteiger partial charge in [0, 0.05) is 11.8 Å². The number of carbonyl (C=O) groups is 2. The molecule has 0 saturated heterocycles. The molecular formula is C46H44O2. The maximum absolute atomic E-state index is 13.6. The average Bonchev–Trinajstić information content (AvgIpc) is 3.15. The minimum atomic E-state index is -0.780. The van der Waals surface area contributed by atoms with E-state index in [2.05, 4.69) is 72.8 Å². The molecule has 240 valence electrons. The van der Waals surface area contributed by atoms with Crippen LogP contribution in [0.15, 0.2) is 182 Å². The fraction of sp³-hybridized carbons (Fsp3) is 0.174. The van der Waals surface area contributed by atoms with Crippen LogP contribution in [0.1, 0.15) is 61.1 Å². The highest BCUT2D eigenvalue weighted by molar-refractivity contribution is 5.99. The van der Waals surface area contributed by atoms with Gasteiger partial charge in [-0.1, -0.05) is 210 Å². The number of hydrogen-bond acceptors (Lipinski definition) is 2. The van der Waals surface area contributed by atoms with Crippen molar-refractivity contribution in [1.82, 2.24) is 0 Å². The van der Waals surface area contributed by atoms with E-state index in [1.165, 1.54) is 0 Å². The largest absolute Gasteiger partial charge is 0.298 e. The molecule has 6 aromatic rings. The van der Waals surface area contributed by atoms with Gasteiger partial charge in [-0.05, 0) is 33.4 Å². The molecule has 0 aliphatic carbocycles. The van der Waals surface area contributed by atoms with Crippen LogP contribution in [0.2, 0.25) is 0 Å². The molecule has 0 radical (unpaired) electrons. The van der Waals surface area contributed by atoms with E-state index in [4.69, 9.17) is 0 Å². The summed E-state index contributed by atoms with van der Waals surface area (Å²) >= 11 is 0. The highest BCUT2D eigenvalue weighted by atomic mass is 16.1. The predicted molar refractivity (Wildman–Crippen MR) is 198 cm³/mol. The molecule has 0 heterocycles. The van der Waals surface area contributed by atoms with Gasteiger partial charge in [0.2, 0.25) is 0 Å². The summed E-state index contributed by atoms with van der Waals surface area (Å²) in [6, 6.07) is 60.7. The minimum absolute atomic E-state index is 0.0781. The molecule has 0 aromatic heterocycles. The first-order valence-corrected chi connectivity index (χ1v) is 16.8. The van der Waals surface area contributed by atoms with Crippen LogP contribution < -0.4 is 0 Å². The first-order chi connectivity index (χ1) is 23.3. The van der Waals surface area contributed by atoms with Gasteiger partial charge in [0.25, 0.3) is 0 Å². The number of hydrogen-bond donors (Lipinski definition) is 0. The lowest BCUT2D eigenvalue weighted by Gasteiger charge is -2.36. The van der Waals surface area contributed by atoms with Crippen LogP contribution in [0, 0.1) is 11.8 Å². The van der Waals surface area contributed by atoms with Crippen LogP contribution in [0.25, 0.3) is 0 Å². The van der Waals surface area contributed by atoms with Crippen molar-refractivity contribution in [1.29, 1.82) is 0 Å². The summed E-state index contributed by atoms with van der Waals surface area (Å²) in [4.78, 5) is 27.1. The summed E-state index contributed by atoms with van der Waals surface area (Å²) in [6.45, 7) is 7.91. The van der Waals surface area contributed by atoms with Gasteiger partial charge >= 0.3 is 0 Å². The lowest BCUT2D eigenvalue weighted by atomic mass is 9.64. The normalized spacial score (nSPS) is 11.5. The van der Waals surface area contributed by atoms with Gasteiger partial charge < -0.3 is 0 Å². The Bertz CT molecular complexity index is 1530. The van der Waals surface area contributed by atoms with E-state index in [1.54, 1.807) is 0 Å². The van der Waals surface area contributed by atoms with Crippen molar-refractivity contribution >= 4 is 11.6 Å². The number of Topliss-reactive ketones (excluding diaryl/α,β-unsaturated/α-hetero) is 2. The Morgan fingerprint density at radius 2 is 0.458 bits per heavy atom. The van der Waals surface area contributed by atoms with E-state index in [9.17, 15) is 9.59 Å². The molecule has 2 heteroatoms. The van der Waals surface area contributed by atoms with Gasteiger partial charge in [0.1, 0.15) is 10.8 Å². The SMILES string of the molecule is CC(C)C(=O)C(c1ccccc1)(c1ccccc1)c1ccccc1.CC(C)C(=O)C(c1ccccc1)(c1ccccc1)c1ccccc1. The third-order valence-corrected chi connectivity index (χ3v) is 9.03. The molecule has 0 spiro atoms. The molecule has 0 aliphatic rings. The molecule has 48 heavy (non-hydrogen) atoms. The lowest BCUT2D eigenvalue weighted by molar-refractivity contribution is -0.125. The second-order valence-electron chi connectivity index (χ2n) is 12.7. The van der Waals surface area contributed by atoms with E-state index in [0.717, 1.165) is 33.4 Å². The first-order valence-electron chi connectivity index (χ1n) is 16.8. The van der Waals surface area contributed by atoms with E-state index in [0.29, 0.717) is 0 Å². The van der Waals surface area contributed by atoms with Crippen LogP contribution in [-0.4, -0.2) is 11.6 Å². The summed E-state index contributed by atoms with van der Waals surface area (Å²) in [6.07, 6.45) is 0. The van der Waals surface area contributed by atoms with Crippen LogP contribution >= 0.6 is 0 Å². The van der Waals surface area contributed by atoms with Crippen molar-refractivity contribution in [3.05, 3.63) is 215 Å². The molecule has 0 bridgehead atoms. The summed E-state index contributed by atoms with van der Waals surface area (Å²) < 4.78 is 0. The number of carbonyl (C=O) groups excluding carboxylic acids is 2. The minimum Gasteiger partial charge on any atom is -0.298 e. The van der Waals surface area contributed by atoms with E-state index in [1.807, 2.05) is 137 Å². The summed E-state index contributed by atoms with van der Waals surface area (Å²) in [7, 11) is 0. The molecule has 0 atom stereocenters. The zero-order chi connectivity index (χ0) is 34.0. The Kier molecular flexibility index (Phi) is 11.0. The van der Waals surface area contributed by atoms with Gasteiger partial charge in [-0.3, -0.25) is 9.59 Å². The molecule has 0 amide bonds. The third kappa shape index (κ3) is 6.57. The second kappa shape index (κ2) is 15.5. The summed E-state index contributed by atoms with van der Waals surface area (Å²) in [5.74, 6) is 0.272. The third-order valence-electron chi connectivity index (χ3n) is 9.03. The van der Waals surface area contributed by atoms with Crippen molar-refractivity contribution in [3.8, 4) is 0 Å². The maximum atomic E-state index is 13.6. The van der Waals surface area contributed by atoms with Crippen LogP contribution in [-0.2, 0) is 20.4 Å². The van der Waals surface area contributed by atoms with Crippen molar-refractivity contribution in [3.63, 3.8) is 0 Å². The first kappa shape index (κ1) is 34.0. The van der Waals surface area contributed by atoms with E-state index >= 15 is 0 Å². The Hall–Kier alpha value is -5.34. The highest BCUT2D eigenvalue weighted by Gasteiger charge is 2.45. The standard InChI is InChI=1S/2C23H22O/c2*1-18(2)22(24)23(19-12-6-3-7-13-19,20-14-8-4-9-15-20)21-16-10-5-11-17-21/h2*3-18H,1-2H3. The van der Waals surface area contributed by atoms with Crippen LogP contribution in [0.4, 0.5) is 0 Å². The van der Waals surface area contributed by atoms with Crippen molar-refractivity contribution in [2.24, 2.45) is 11.8 Å². The van der Waals surface area contributed by atoms with Gasteiger partial charge in [-0.15, -0.1) is 0 Å². The molecule has 6 aromatic carbocycles. The molecule has 0 saturated carbocycles. The van der Waals surface area contributed by atoms with Gasteiger partial charge in [0.15, 0.2) is 11.6 Å². The molecule has 6 rings (SSSR count). The van der Waals surface area contributed by atoms with Crippen LogP contribution in [0.3, 0.4) is 0 Å². The molecular weight excluding hydrogens is 585 g/mol. The fourth-order valence-corrected chi connectivity index (χ4v) is 6.85. The summed E-state index contributed by atoms with van der Waals surface area (Å²) in [5, 5.41) is 0. The van der Waals surface area contributed by atoms with E-state index in [-0.39, 0.29) is 23.4 Å².